The summed E-state index contributed by atoms with van der Waals surface area (Å²) in [5.74, 6) is 0.584. The van der Waals surface area contributed by atoms with Crippen LogP contribution in [0.1, 0.15) is 16.9 Å². The molecular weight excluding hydrogens is 309 g/mol. The third kappa shape index (κ3) is 2.47. The SMILES string of the molecule is Cl.Fc1ccc(Nc2ncnc3sc4c(c23)CCC4)cc1. The van der Waals surface area contributed by atoms with Crippen LogP contribution >= 0.6 is 23.7 Å². The Kier molecular flexibility index (Phi) is 3.78. The Labute approximate surface area is 131 Å². The van der Waals surface area contributed by atoms with E-state index in [-0.39, 0.29) is 18.2 Å². The van der Waals surface area contributed by atoms with Crippen molar-refractivity contribution in [2.24, 2.45) is 0 Å². The molecule has 0 fully saturated rings. The van der Waals surface area contributed by atoms with Crippen molar-refractivity contribution in [1.82, 2.24) is 9.97 Å². The fraction of sp³-hybridized carbons (Fsp3) is 0.200. The number of nitrogens with zero attached hydrogens (tertiary/aromatic N) is 2. The molecule has 3 aromatic rings. The van der Waals surface area contributed by atoms with E-state index in [1.807, 2.05) is 0 Å². The number of halogens is 2. The Bertz CT molecular complexity index is 785. The minimum Gasteiger partial charge on any atom is -0.340 e. The van der Waals surface area contributed by atoms with Crippen LogP contribution in [-0.4, -0.2) is 9.97 Å². The topological polar surface area (TPSA) is 37.8 Å². The van der Waals surface area contributed by atoms with Crippen molar-refractivity contribution < 1.29 is 4.39 Å². The molecule has 6 heteroatoms. The maximum atomic E-state index is 13.0. The highest BCUT2D eigenvalue weighted by Gasteiger charge is 2.21. The minimum absolute atomic E-state index is 0. The number of hydrogen-bond acceptors (Lipinski definition) is 4. The molecule has 2 heterocycles. The van der Waals surface area contributed by atoms with Crippen LogP contribution in [0, 0.1) is 5.82 Å². The molecule has 4 rings (SSSR count). The molecule has 3 nitrogen and oxygen atoms in total. The van der Waals surface area contributed by atoms with Crippen LogP contribution in [0.15, 0.2) is 30.6 Å². The van der Waals surface area contributed by atoms with Gasteiger partial charge in [-0.2, -0.15) is 0 Å². The number of nitrogens with one attached hydrogen (secondary N) is 1. The molecule has 108 valence electrons. The summed E-state index contributed by atoms with van der Waals surface area (Å²) in [6.07, 6.45) is 5.04. The Balaban J connectivity index is 0.00000132. The second-order valence-electron chi connectivity index (χ2n) is 4.89. The molecule has 1 aromatic carbocycles. The summed E-state index contributed by atoms with van der Waals surface area (Å²) < 4.78 is 13.0. The predicted octanol–water partition coefficient (Wildman–Crippen LogP) is 4.48. The molecule has 0 saturated heterocycles. The van der Waals surface area contributed by atoms with E-state index in [2.05, 4.69) is 15.3 Å². The number of fused-ring (bicyclic) bond motifs is 3. The zero-order valence-corrected chi connectivity index (χ0v) is 12.7. The molecule has 0 amide bonds. The number of benzene rings is 1. The van der Waals surface area contributed by atoms with E-state index in [9.17, 15) is 4.39 Å². The van der Waals surface area contributed by atoms with E-state index in [1.165, 1.54) is 29.0 Å². The summed E-state index contributed by atoms with van der Waals surface area (Å²) in [7, 11) is 0. The molecule has 0 saturated carbocycles. The van der Waals surface area contributed by atoms with Crippen LogP contribution in [0.3, 0.4) is 0 Å². The molecule has 0 aliphatic heterocycles. The number of rotatable bonds is 2. The molecule has 1 N–H and O–H groups in total. The van der Waals surface area contributed by atoms with Gasteiger partial charge in [0, 0.05) is 10.6 Å². The number of thiophene rings is 1. The van der Waals surface area contributed by atoms with Gasteiger partial charge in [-0.1, -0.05) is 0 Å². The van der Waals surface area contributed by atoms with Crippen molar-refractivity contribution >= 4 is 45.5 Å². The van der Waals surface area contributed by atoms with Gasteiger partial charge in [-0.05, 0) is 49.1 Å². The van der Waals surface area contributed by atoms with Crippen molar-refractivity contribution in [1.29, 1.82) is 0 Å². The van der Waals surface area contributed by atoms with Crippen LogP contribution in [0.2, 0.25) is 0 Å². The summed E-state index contributed by atoms with van der Waals surface area (Å²) in [4.78, 5) is 11.2. The van der Waals surface area contributed by atoms with Gasteiger partial charge >= 0.3 is 0 Å². The first kappa shape index (κ1) is 14.2. The van der Waals surface area contributed by atoms with Gasteiger partial charge < -0.3 is 5.32 Å². The highest BCUT2D eigenvalue weighted by molar-refractivity contribution is 7.19. The van der Waals surface area contributed by atoms with Crippen molar-refractivity contribution in [3.05, 3.63) is 46.9 Å². The van der Waals surface area contributed by atoms with Gasteiger partial charge in [0.25, 0.3) is 0 Å². The number of aromatic nitrogens is 2. The van der Waals surface area contributed by atoms with Crippen molar-refractivity contribution in [2.75, 3.05) is 5.32 Å². The maximum absolute atomic E-state index is 13.0. The van der Waals surface area contributed by atoms with Gasteiger partial charge in [-0.15, -0.1) is 23.7 Å². The van der Waals surface area contributed by atoms with Gasteiger partial charge in [0.05, 0.1) is 5.39 Å². The van der Waals surface area contributed by atoms with E-state index < -0.39 is 0 Å². The van der Waals surface area contributed by atoms with Gasteiger partial charge in [0.2, 0.25) is 0 Å². The summed E-state index contributed by atoms with van der Waals surface area (Å²) in [6.45, 7) is 0. The predicted molar refractivity (Wildman–Crippen MR) is 86.4 cm³/mol. The molecule has 1 aliphatic rings. The highest BCUT2D eigenvalue weighted by Crippen LogP contribution is 2.39. The zero-order chi connectivity index (χ0) is 13.5. The van der Waals surface area contributed by atoms with Gasteiger partial charge in [0.15, 0.2) is 0 Å². The monoisotopic (exact) mass is 321 g/mol. The number of hydrogen-bond donors (Lipinski definition) is 1. The molecule has 0 atom stereocenters. The molecule has 0 radical (unpaired) electrons. The van der Waals surface area contributed by atoms with Gasteiger partial charge in [-0.3, -0.25) is 0 Å². The van der Waals surface area contributed by atoms with Crippen molar-refractivity contribution in [3.63, 3.8) is 0 Å². The summed E-state index contributed by atoms with van der Waals surface area (Å²) in [6, 6.07) is 6.32. The second kappa shape index (κ2) is 5.58. The zero-order valence-electron chi connectivity index (χ0n) is 11.1. The molecule has 2 aromatic heterocycles. The normalized spacial score (nSPS) is 13.0. The fourth-order valence-corrected chi connectivity index (χ4v) is 3.92. The van der Waals surface area contributed by atoms with E-state index in [0.717, 1.165) is 34.6 Å². The molecule has 21 heavy (non-hydrogen) atoms. The third-order valence-electron chi connectivity index (χ3n) is 3.61. The smallest absolute Gasteiger partial charge is 0.142 e. The van der Waals surface area contributed by atoms with Crippen LogP contribution in [0.25, 0.3) is 10.2 Å². The molecule has 0 bridgehead atoms. The fourth-order valence-electron chi connectivity index (χ4n) is 2.69. The Morgan fingerprint density at radius 2 is 1.90 bits per heavy atom. The first-order valence-electron chi connectivity index (χ1n) is 6.59. The largest absolute Gasteiger partial charge is 0.340 e. The van der Waals surface area contributed by atoms with E-state index in [0.29, 0.717) is 0 Å². The van der Waals surface area contributed by atoms with Gasteiger partial charge in [-0.25, -0.2) is 14.4 Å². The lowest BCUT2D eigenvalue weighted by Crippen LogP contribution is -1.96. The first-order valence-corrected chi connectivity index (χ1v) is 7.41. The molecule has 0 spiro atoms. The highest BCUT2D eigenvalue weighted by atomic mass is 35.5. The molecule has 1 aliphatic carbocycles. The van der Waals surface area contributed by atoms with Gasteiger partial charge in [0.1, 0.15) is 22.8 Å². The maximum Gasteiger partial charge on any atom is 0.142 e. The second-order valence-corrected chi connectivity index (χ2v) is 5.98. The standard InChI is InChI=1S/C15H12FN3S.ClH/c16-9-4-6-10(7-5-9)19-14-13-11-2-1-3-12(11)20-15(13)18-8-17-14;/h4-8H,1-3H2,(H,17,18,19);1H. The quantitative estimate of drug-likeness (QED) is 0.756. The molecular formula is C15H13ClFN3S. The minimum atomic E-state index is -0.236. The van der Waals surface area contributed by atoms with Crippen LogP contribution in [0.5, 0.6) is 0 Å². The van der Waals surface area contributed by atoms with Crippen molar-refractivity contribution in [3.8, 4) is 0 Å². The number of aryl methyl sites for hydroxylation is 2. The van der Waals surface area contributed by atoms with E-state index in [4.69, 9.17) is 0 Å². The summed E-state index contributed by atoms with van der Waals surface area (Å²) in [5.41, 5.74) is 2.22. The van der Waals surface area contributed by atoms with Crippen LogP contribution in [0.4, 0.5) is 15.9 Å². The summed E-state index contributed by atoms with van der Waals surface area (Å²) in [5, 5.41) is 4.41. The Hall–Kier alpha value is -1.72. The van der Waals surface area contributed by atoms with E-state index in [1.54, 1.807) is 29.8 Å². The van der Waals surface area contributed by atoms with Crippen LogP contribution < -0.4 is 5.32 Å². The summed E-state index contributed by atoms with van der Waals surface area (Å²) >= 11 is 1.76. The lowest BCUT2D eigenvalue weighted by Gasteiger charge is -2.07. The average Bonchev–Trinajstić information content (AvgIpc) is 3.02. The van der Waals surface area contributed by atoms with Crippen LogP contribution in [-0.2, 0) is 12.8 Å². The number of anilines is 2. The lowest BCUT2D eigenvalue weighted by molar-refractivity contribution is 0.628. The van der Waals surface area contributed by atoms with E-state index >= 15 is 0 Å². The first-order chi connectivity index (χ1) is 9.81. The molecule has 0 unspecified atom stereocenters. The Morgan fingerprint density at radius 1 is 1.10 bits per heavy atom. The average molecular weight is 322 g/mol. The van der Waals surface area contributed by atoms with Crippen molar-refractivity contribution in [2.45, 2.75) is 19.3 Å². The Morgan fingerprint density at radius 3 is 2.71 bits per heavy atom. The lowest BCUT2D eigenvalue weighted by atomic mass is 10.2. The third-order valence-corrected chi connectivity index (χ3v) is 4.81.